The number of alkyl halides is 3. The standard InChI is InChI=1S/C32H31F3N2O6S/c1-2-3-7-22-10-12-24(13-11-22)36-29-21-26(42-30(31(38)39)20-23-8-5-4-6-9-23)16-19-28(29)37-44(40,41)27-17-14-25(15-18-27)43-32(33,34)35/h4-6,8-19,21,30,36-37H,2-3,7,20H2,1H3,(H,38,39). The van der Waals surface area contributed by atoms with E-state index in [0.717, 1.165) is 54.7 Å². The van der Waals surface area contributed by atoms with Gasteiger partial charge in [0.05, 0.1) is 16.3 Å². The van der Waals surface area contributed by atoms with E-state index in [9.17, 15) is 31.5 Å². The molecule has 0 saturated heterocycles. The molecule has 8 nitrogen and oxygen atoms in total. The van der Waals surface area contributed by atoms with Gasteiger partial charge in [-0.05, 0) is 72.5 Å². The zero-order valence-electron chi connectivity index (χ0n) is 23.7. The maximum absolute atomic E-state index is 13.2. The highest BCUT2D eigenvalue weighted by atomic mass is 32.2. The molecule has 4 aromatic carbocycles. The summed E-state index contributed by atoms with van der Waals surface area (Å²) in [7, 11) is -4.26. The average molecular weight is 629 g/mol. The molecule has 0 fully saturated rings. The predicted molar refractivity (Wildman–Crippen MR) is 161 cm³/mol. The summed E-state index contributed by atoms with van der Waals surface area (Å²) >= 11 is 0. The van der Waals surface area contributed by atoms with Crippen LogP contribution in [0.2, 0.25) is 0 Å². The predicted octanol–water partition coefficient (Wildman–Crippen LogP) is 7.55. The molecular formula is C32H31F3N2O6S. The molecule has 232 valence electrons. The summed E-state index contributed by atoms with van der Waals surface area (Å²) in [4.78, 5) is 11.7. The number of aryl methyl sites for hydroxylation is 1. The Labute approximate surface area is 253 Å². The van der Waals surface area contributed by atoms with Crippen LogP contribution in [0.5, 0.6) is 11.5 Å². The van der Waals surface area contributed by atoms with Crippen molar-refractivity contribution in [2.24, 2.45) is 0 Å². The Morgan fingerprint density at radius 3 is 2.14 bits per heavy atom. The second-order valence-corrected chi connectivity index (χ2v) is 11.6. The van der Waals surface area contributed by atoms with Crippen LogP contribution in [-0.4, -0.2) is 32.0 Å². The van der Waals surface area contributed by atoms with Gasteiger partial charge in [-0.3, -0.25) is 4.72 Å². The Morgan fingerprint density at radius 1 is 0.864 bits per heavy atom. The van der Waals surface area contributed by atoms with Crippen molar-refractivity contribution in [3.63, 3.8) is 0 Å². The highest BCUT2D eigenvalue weighted by molar-refractivity contribution is 7.92. The number of aliphatic carboxylic acids is 1. The summed E-state index contributed by atoms with van der Waals surface area (Å²) in [5, 5.41) is 13.0. The number of hydrogen-bond acceptors (Lipinski definition) is 6. The second-order valence-electron chi connectivity index (χ2n) is 9.89. The third-order valence-corrected chi connectivity index (χ3v) is 7.85. The molecule has 0 spiro atoms. The minimum absolute atomic E-state index is 0.0953. The van der Waals surface area contributed by atoms with E-state index in [1.807, 2.05) is 30.3 Å². The number of hydrogen-bond donors (Lipinski definition) is 3. The van der Waals surface area contributed by atoms with Crippen molar-refractivity contribution in [1.29, 1.82) is 0 Å². The topological polar surface area (TPSA) is 114 Å². The van der Waals surface area contributed by atoms with Crippen molar-refractivity contribution in [2.45, 2.75) is 50.0 Å². The molecule has 0 aliphatic rings. The fourth-order valence-corrected chi connectivity index (χ4v) is 5.36. The third-order valence-electron chi connectivity index (χ3n) is 6.47. The van der Waals surface area contributed by atoms with Crippen molar-refractivity contribution in [1.82, 2.24) is 0 Å². The van der Waals surface area contributed by atoms with Gasteiger partial charge in [0.25, 0.3) is 10.0 Å². The summed E-state index contributed by atoms with van der Waals surface area (Å²) in [6.45, 7) is 2.10. The van der Waals surface area contributed by atoms with E-state index in [2.05, 4.69) is 21.7 Å². The lowest BCUT2D eigenvalue weighted by Gasteiger charge is -2.19. The van der Waals surface area contributed by atoms with Crippen LogP contribution in [0, 0.1) is 0 Å². The van der Waals surface area contributed by atoms with E-state index in [-0.39, 0.29) is 28.4 Å². The highest BCUT2D eigenvalue weighted by Crippen LogP contribution is 2.33. The van der Waals surface area contributed by atoms with Gasteiger partial charge < -0.3 is 19.9 Å². The van der Waals surface area contributed by atoms with Crippen LogP contribution in [-0.2, 0) is 27.7 Å². The van der Waals surface area contributed by atoms with E-state index in [1.54, 1.807) is 24.3 Å². The van der Waals surface area contributed by atoms with Gasteiger partial charge in [-0.2, -0.15) is 0 Å². The molecule has 12 heteroatoms. The monoisotopic (exact) mass is 628 g/mol. The molecular weight excluding hydrogens is 597 g/mol. The first-order chi connectivity index (χ1) is 20.9. The van der Waals surface area contributed by atoms with Crippen molar-refractivity contribution >= 4 is 33.1 Å². The van der Waals surface area contributed by atoms with Crippen LogP contribution in [0.25, 0.3) is 0 Å². The maximum Gasteiger partial charge on any atom is 0.573 e. The van der Waals surface area contributed by atoms with Crippen molar-refractivity contribution in [3.05, 3.63) is 108 Å². The van der Waals surface area contributed by atoms with Gasteiger partial charge >= 0.3 is 12.3 Å². The van der Waals surface area contributed by atoms with Crippen LogP contribution >= 0.6 is 0 Å². The Kier molecular flexibility index (Phi) is 10.4. The summed E-state index contributed by atoms with van der Waals surface area (Å²) in [6.07, 6.45) is -3.04. The third kappa shape index (κ3) is 9.40. The molecule has 1 atom stereocenters. The van der Waals surface area contributed by atoms with E-state index in [0.29, 0.717) is 5.69 Å². The number of carbonyl (C=O) groups is 1. The largest absolute Gasteiger partial charge is 0.573 e. The Balaban J connectivity index is 1.62. The highest BCUT2D eigenvalue weighted by Gasteiger charge is 2.31. The van der Waals surface area contributed by atoms with Crippen LogP contribution in [0.1, 0.15) is 30.9 Å². The molecule has 1 unspecified atom stereocenters. The fraction of sp³-hybridized carbons (Fsp3) is 0.219. The number of rotatable bonds is 14. The van der Waals surface area contributed by atoms with Crippen LogP contribution in [0.4, 0.5) is 30.2 Å². The minimum atomic E-state index is -4.92. The van der Waals surface area contributed by atoms with Gasteiger partial charge in [0.1, 0.15) is 11.5 Å². The summed E-state index contributed by atoms with van der Waals surface area (Å²) < 4.78 is 76.1. The van der Waals surface area contributed by atoms with Gasteiger partial charge in [0.2, 0.25) is 0 Å². The number of carboxylic acids is 1. The second kappa shape index (κ2) is 14.2. The van der Waals surface area contributed by atoms with Gasteiger partial charge in [-0.15, -0.1) is 13.2 Å². The molecule has 4 aromatic rings. The quantitative estimate of drug-likeness (QED) is 0.132. The lowest BCUT2D eigenvalue weighted by molar-refractivity contribution is -0.274. The number of carboxylic acid groups (broad SMARTS) is 1. The lowest BCUT2D eigenvalue weighted by Crippen LogP contribution is -2.29. The molecule has 0 amide bonds. The summed E-state index contributed by atoms with van der Waals surface area (Å²) in [5.41, 5.74) is 2.89. The van der Waals surface area contributed by atoms with E-state index >= 15 is 0 Å². The number of sulfonamides is 1. The Morgan fingerprint density at radius 2 is 1.52 bits per heavy atom. The van der Waals surface area contributed by atoms with Crippen molar-refractivity contribution < 1.29 is 41.0 Å². The molecule has 0 aromatic heterocycles. The first-order valence-electron chi connectivity index (χ1n) is 13.7. The number of anilines is 3. The fourth-order valence-electron chi connectivity index (χ4n) is 4.28. The molecule has 0 heterocycles. The van der Waals surface area contributed by atoms with Crippen LogP contribution in [0.15, 0.2) is 102 Å². The first-order valence-corrected chi connectivity index (χ1v) is 15.2. The van der Waals surface area contributed by atoms with Gasteiger partial charge in [-0.25, -0.2) is 13.2 Å². The van der Waals surface area contributed by atoms with E-state index < -0.39 is 34.2 Å². The molecule has 0 radical (unpaired) electrons. The molecule has 4 rings (SSSR count). The van der Waals surface area contributed by atoms with Crippen LogP contribution in [0.3, 0.4) is 0 Å². The van der Waals surface area contributed by atoms with Gasteiger partial charge in [0.15, 0.2) is 6.10 Å². The molecule has 3 N–H and O–H groups in total. The van der Waals surface area contributed by atoms with Gasteiger partial charge in [-0.1, -0.05) is 55.8 Å². The van der Waals surface area contributed by atoms with E-state index in [1.165, 1.54) is 18.2 Å². The molecule has 0 aliphatic heterocycles. The number of benzene rings is 4. The number of halogens is 3. The Bertz CT molecular complexity index is 1650. The van der Waals surface area contributed by atoms with Gasteiger partial charge in [0, 0.05) is 18.2 Å². The molecule has 44 heavy (non-hydrogen) atoms. The lowest BCUT2D eigenvalue weighted by atomic mass is 10.1. The number of ether oxygens (including phenoxy) is 2. The smallest absolute Gasteiger partial charge is 0.478 e. The molecule has 0 aliphatic carbocycles. The first kappa shape index (κ1) is 32.2. The zero-order valence-corrected chi connectivity index (χ0v) is 24.5. The molecule has 0 saturated carbocycles. The zero-order chi connectivity index (χ0) is 31.7. The normalized spacial score (nSPS) is 12.3. The maximum atomic E-state index is 13.2. The SMILES string of the molecule is CCCCc1ccc(Nc2cc(OC(Cc3ccccc3)C(=O)O)ccc2NS(=O)(=O)c2ccc(OC(F)(F)F)cc2)cc1. The average Bonchev–Trinajstić information content (AvgIpc) is 2.97. The van der Waals surface area contributed by atoms with Crippen molar-refractivity contribution in [3.8, 4) is 11.5 Å². The summed E-state index contributed by atoms with van der Waals surface area (Å²) in [6, 6.07) is 24.7. The Hall–Kier alpha value is -4.71. The summed E-state index contributed by atoms with van der Waals surface area (Å²) in [5.74, 6) is -1.56. The number of unbranched alkanes of at least 4 members (excludes halogenated alkanes) is 1. The minimum Gasteiger partial charge on any atom is -0.478 e. The van der Waals surface area contributed by atoms with Crippen molar-refractivity contribution in [2.75, 3.05) is 10.0 Å². The number of nitrogens with one attached hydrogen (secondary N) is 2. The van der Waals surface area contributed by atoms with E-state index in [4.69, 9.17) is 4.74 Å². The molecule has 0 bridgehead atoms. The van der Waals surface area contributed by atoms with Crippen LogP contribution < -0.4 is 19.5 Å².